The van der Waals surface area contributed by atoms with Gasteiger partial charge in [-0.2, -0.15) is 0 Å². The van der Waals surface area contributed by atoms with E-state index in [1.165, 1.54) is 43.2 Å². The predicted molar refractivity (Wildman–Crippen MR) is 64.5 cm³/mol. The Morgan fingerprint density at radius 2 is 1.93 bits per heavy atom. The number of allylic oxidation sites excluding steroid dienone is 1. The van der Waals surface area contributed by atoms with Crippen LogP contribution in [-0.2, 0) is 6.42 Å². The van der Waals surface area contributed by atoms with Crippen molar-refractivity contribution in [1.29, 1.82) is 0 Å². The smallest absolute Gasteiger partial charge is 0.0390 e. The second kappa shape index (κ2) is 3.13. The third-order valence-corrected chi connectivity index (χ3v) is 3.98. The summed E-state index contributed by atoms with van der Waals surface area (Å²) in [6.45, 7) is 0. The molecule has 0 radical (unpaired) electrons. The average Bonchev–Trinajstić information content (AvgIpc) is 2.66. The molecule has 2 N–H and O–H groups in total. The molecule has 0 bridgehead atoms. The summed E-state index contributed by atoms with van der Waals surface area (Å²) in [5.74, 6) is 0. The molecule has 15 heavy (non-hydrogen) atoms. The maximum absolute atomic E-state index is 5.98. The number of hydrogen-bond donors (Lipinski definition) is 1. The van der Waals surface area contributed by atoms with Gasteiger partial charge < -0.3 is 5.73 Å². The van der Waals surface area contributed by atoms with Crippen LogP contribution in [0.5, 0.6) is 0 Å². The molecule has 1 nitrogen and oxygen atoms in total. The highest BCUT2D eigenvalue weighted by Crippen LogP contribution is 2.46. The van der Waals surface area contributed by atoms with Gasteiger partial charge in [-0.3, -0.25) is 0 Å². The summed E-state index contributed by atoms with van der Waals surface area (Å²) >= 11 is 0. The van der Waals surface area contributed by atoms with E-state index >= 15 is 0 Å². The van der Waals surface area contributed by atoms with Gasteiger partial charge in [-0.25, -0.2) is 0 Å². The van der Waals surface area contributed by atoms with Crippen molar-refractivity contribution in [2.24, 2.45) is 5.41 Å². The Labute approximate surface area is 91.0 Å². The second-order valence-electron chi connectivity index (χ2n) is 5.00. The van der Waals surface area contributed by atoms with Gasteiger partial charge in [-0.15, -0.1) is 0 Å². The van der Waals surface area contributed by atoms with Gasteiger partial charge in [0.05, 0.1) is 0 Å². The number of benzene rings is 1. The zero-order chi connectivity index (χ0) is 10.3. The van der Waals surface area contributed by atoms with Crippen molar-refractivity contribution in [1.82, 2.24) is 0 Å². The van der Waals surface area contributed by atoms with Crippen LogP contribution in [-0.4, -0.2) is 0 Å². The van der Waals surface area contributed by atoms with Crippen LogP contribution in [0.1, 0.15) is 36.8 Å². The van der Waals surface area contributed by atoms with Gasteiger partial charge >= 0.3 is 0 Å². The molecule has 0 aliphatic heterocycles. The van der Waals surface area contributed by atoms with Crippen LogP contribution >= 0.6 is 0 Å². The van der Waals surface area contributed by atoms with E-state index in [0.717, 1.165) is 5.69 Å². The lowest BCUT2D eigenvalue weighted by molar-refractivity contribution is 0.391. The van der Waals surface area contributed by atoms with Crippen LogP contribution in [0.3, 0.4) is 0 Å². The molecule has 1 fully saturated rings. The van der Waals surface area contributed by atoms with E-state index in [2.05, 4.69) is 24.3 Å². The van der Waals surface area contributed by atoms with Crippen molar-refractivity contribution in [3.63, 3.8) is 0 Å². The molecule has 0 saturated heterocycles. The second-order valence-corrected chi connectivity index (χ2v) is 5.00. The van der Waals surface area contributed by atoms with Crippen molar-refractivity contribution in [3.05, 3.63) is 35.4 Å². The molecule has 1 aromatic carbocycles. The number of nitrogens with two attached hydrogens (primary N) is 1. The Hall–Kier alpha value is -1.24. The molecule has 1 aromatic rings. The summed E-state index contributed by atoms with van der Waals surface area (Å²) in [5.41, 5.74) is 10.1. The van der Waals surface area contributed by atoms with Gasteiger partial charge in [0, 0.05) is 11.3 Å². The fraction of sp³-hybridized carbons (Fsp3) is 0.429. The zero-order valence-corrected chi connectivity index (χ0v) is 9.00. The summed E-state index contributed by atoms with van der Waals surface area (Å²) < 4.78 is 0. The first kappa shape index (κ1) is 9.02. The van der Waals surface area contributed by atoms with Crippen LogP contribution < -0.4 is 5.73 Å². The van der Waals surface area contributed by atoms with E-state index in [4.69, 9.17) is 5.73 Å². The van der Waals surface area contributed by atoms with Gasteiger partial charge in [-0.05, 0) is 36.3 Å². The molecule has 2 aliphatic carbocycles. The fourth-order valence-corrected chi connectivity index (χ4v) is 3.11. The molecule has 3 rings (SSSR count). The van der Waals surface area contributed by atoms with Crippen LogP contribution in [0.25, 0.3) is 6.08 Å². The lowest BCUT2D eigenvalue weighted by Gasteiger charge is -2.30. The summed E-state index contributed by atoms with van der Waals surface area (Å²) in [6.07, 6.45) is 11.4. The molecular formula is C14H17N. The highest BCUT2D eigenvalue weighted by atomic mass is 14.6. The standard InChI is InChI=1S/C14H17N/c15-13-5-3-4-11-10-14(7-1-2-8-14)9-6-12(11)13/h3-6,9H,1-2,7-8,10,15H2. The first-order chi connectivity index (χ1) is 7.29. The Morgan fingerprint density at radius 3 is 2.73 bits per heavy atom. The van der Waals surface area contributed by atoms with E-state index in [-0.39, 0.29) is 0 Å². The van der Waals surface area contributed by atoms with Gasteiger partial charge in [0.2, 0.25) is 0 Å². The summed E-state index contributed by atoms with van der Waals surface area (Å²) in [5, 5.41) is 0. The van der Waals surface area contributed by atoms with Gasteiger partial charge in [0.1, 0.15) is 0 Å². The van der Waals surface area contributed by atoms with Crippen LogP contribution in [0.15, 0.2) is 24.3 Å². The van der Waals surface area contributed by atoms with E-state index in [0.29, 0.717) is 5.41 Å². The van der Waals surface area contributed by atoms with Crippen LogP contribution in [0, 0.1) is 5.41 Å². The quantitative estimate of drug-likeness (QED) is 0.637. The van der Waals surface area contributed by atoms with Crippen molar-refractivity contribution in [2.75, 3.05) is 5.73 Å². The monoisotopic (exact) mass is 199 g/mol. The number of fused-ring (bicyclic) bond motifs is 1. The van der Waals surface area contributed by atoms with Crippen molar-refractivity contribution >= 4 is 11.8 Å². The normalized spacial score (nSPS) is 21.9. The van der Waals surface area contributed by atoms with E-state index < -0.39 is 0 Å². The fourth-order valence-electron chi connectivity index (χ4n) is 3.11. The largest absolute Gasteiger partial charge is 0.398 e. The average molecular weight is 199 g/mol. The Bertz CT molecular complexity index is 411. The number of anilines is 1. The highest BCUT2D eigenvalue weighted by Gasteiger charge is 2.33. The Balaban J connectivity index is 2.03. The van der Waals surface area contributed by atoms with E-state index in [1.54, 1.807) is 0 Å². The molecule has 1 heteroatoms. The molecule has 0 amide bonds. The SMILES string of the molecule is Nc1cccc2c1C=CC1(CCCC1)C2. The summed E-state index contributed by atoms with van der Waals surface area (Å²) in [7, 11) is 0. The minimum Gasteiger partial charge on any atom is -0.398 e. The molecule has 1 spiro atoms. The lowest BCUT2D eigenvalue weighted by Crippen LogP contribution is -2.20. The summed E-state index contributed by atoms with van der Waals surface area (Å²) in [4.78, 5) is 0. The van der Waals surface area contributed by atoms with E-state index in [1.807, 2.05) is 6.07 Å². The third-order valence-electron chi connectivity index (χ3n) is 3.98. The molecule has 0 aromatic heterocycles. The van der Waals surface area contributed by atoms with Crippen LogP contribution in [0.4, 0.5) is 5.69 Å². The molecule has 78 valence electrons. The minimum absolute atomic E-state index is 0.473. The van der Waals surface area contributed by atoms with Crippen molar-refractivity contribution in [3.8, 4) is 0 Å². The predicted octanol–water partition coefficient (Wildman–Crippen LogP) is 3.40. The third kappa shape index (κ3) is 1.38. The Kier molecular flexibility index (Phi) is 1.88. The lowest BCUT2D eigenvalue weighted by atomic mass is 9.75. The topological polar surface area (TPSA) is 26.0 Å². The maximum Gasteiger partial charge on any atom is 0.0390 e. The first-order valence-electron chi connectivity index (χ1n) is 5.86. The highest BCUT2D eigenvalue weighted by molar-refractivity contribution is 5.70. The first-order valence-corrected chi connectivity index (χ1v) is 5.86. The molecule has 1 saturated carbocycles. The van der Waals surface area contributed by atoms with E-state index in [9.17, 15) is 0 Å². The van der Waals surface area contributed by atoms with Gasteiger partial charge in [0.15, 0.2) is 0 Å². The minimum atomic E-state index is 0.473. The summed E-state index contributed by atoms with van der Waals surface area (Å²) in [6, 6.07) is 6.31. The van der Waals surface area contributed by atoms with Crippen molar-refractivity contribution < 1.29 is 0 Å². The maximum atomic E-state index is 5.98. The number of hydrogen-bond acceptors (Lipinski definition) is 1. The van der Waals surface area contributed by atoms with Crippen molar-refractivity contribution in [2.45, 2.75) is 32.1 Å². The Morgan fingerprint density at radius 1 is 1.13 bits per heavy atom. The molecule has 0 heterocycles. The van der Waals surface area contributed by atoms with Gasteiger partial charge in [-0.1, -0.05) is 37.1 Å². The number of nitrogen functional groups attached to an aromatic ring is 1. The molecular weight excluding hydrogens is 182 g/mol. The number of rotatable bonds is 0. The molecule has 0 atom stereocenters. The van der Waals surface area contributed by atoms with Gasteiger partial charge in [0.25, 0.3) is 0 Å². The molecule has 2 aliphatic rings. The zero-order valence-electron chi connectivity index (χ0n) is 9.00. The van der Waals surface area contributed by atoms with Crippen LogP contribution in [0.2, 0.25) is 0 Å². The molecule has 0 unspecified atom stereocenters.